The lowest BCUT2D eigenvalue weighted by molar-refractivity contribution is -0.115. The normalized spacial score (nSPS) is 11.9. The molecule has 0 radical (unpaired) electrons. The average molecular weight is 339 g/mol. The van der Waals surface area contributed by atoms with Crippen LogP contribution < -0.4 is 5.32 Å². The summed E-state index contributed by atoms with van der Waals surface area (Å²) in [4.78, 5) is 12.3. The topological polar surface area (TPSA) is 68.0 Å². The Hall–Kier alpha value is -2.60. The standard InChI is InChI=1S/C18H17N3O2S/c1-12-7-6-10-15(11-12)19-16(22)13(2)24-18-21-20-17(23-18)14-8-4-3-5-9-14/h3-11,13H,1-2H3,(H,19,22)/t13-/m1/s1. The number of hydrogen-bond donors (Lipinski definition) is 1. The number of carbonyl (C=O) groups is 1. The maximum Gasteiger partial charge on any atom is 0.277 e. The molecule has 3 aromatic rings. The first-order valence-corrected chi connectivity index (χ1v) is 8.43. The zero-order chi connectivity index (χ0) is 16.9. The van der Waals surface area contributed by atoms with Crippen LogP contribution in [-0.4, -0.2) is 21.4 Å². The first-order valence-electron chi connectivity index (χ1n) is 7.55. The van der Waals surface area contributed by atoms with Crippen molar-refractivity contribution in [2.45, 2.75) is 24.3 Å². The molecule has 1 amide bonds. The number of thioether (sulfide) groups is 1. The summed E-state index contributed by atoms with van der Waals surface area (Å²) in [6, 6.07) is 17.2. The molecule has 6 heteroatoms. The molecule has 3 rings (SSSR count). The van der Waals surface area contributed by atoms with Crippen molar-refractivity contribution in [2.24, 2.45) is 0 Å². The number of benzene rings is 2. The van der Waals surface area contributed by atoms with Gasteiger partial charge in [-0.15, -0.1) is 10.2 Å². The summed E-state index contributed by atoms with van der Waals surface area (Å²) in [6.45, 7) is 3.79. The van der Waals surface area contributed by atoms with Crippen molar-refractivity contribution in [3.05, 3.63) is 60.2 Å². The van der Waals surface area contributed by atoms with Gasteiger partial charge in [-0.3, -0.25) is 4.79 Å². The van der Waals surface area contributed by atoms with Gasteiger partial charge in [0.15, 0.2) is 0 Å². The Labute approximate surface area is 144 Å². The van der Waals surface area contributed by atoms with Crippen molar-refractivity contribution in [3.8, 4) is 11.5 Å². The van der Waals surface area contributed by atoms with Gasteiger partial charge in [0.05, 0.1) is 5.25 Å². The summed E-state index contributed by atoms with van der Waals surface area (Å²) in [5, 5.41) is 10.9. The van der Waals surface area contributed by atoms with Crippen LogP contribution in [0.25, 0.3) is 11.5 Å². The monoisotopic (exact) mass is 339 g/mol. The fourth-order valence-electron chi connectivity index (χ4n) is 2.13. The molecule has 1 atom stereocenters. The minimum Gasteiger partial charge on any atom is -0.411 e. The van der Waals surface area contributed by atoms with E-state index in [1.807, 2.05) is 68.4 Å². The molecular formula is C18H17N3O2S. The molecular weight excluding hydrogens is 322 g/mol. The third kappa shape index (κ3) is 4.02. The van der Waals surface area contributed by atoms with Gasteiger partial charge in [0, 0.05) is 11.3 Å². The Morgan fingerprint density at radius 2 is 1.92 bits per heavy atom. The first-order chi connectivity index (χ1) is 11.6. The van der Waals surface area contributed by atoms with E-state index in [2.05, 4.69) is 15.5 Å². The minimum absolute atomic E-state index is 0.106. The molecule has 0 aliphatic carbocycles. The predicted octanol–water partition coefficient (Wildman–Crippen LogP) is 4.16. The molecule has 24 heavy (non-hydrogen) atoms. The number of hydrogen-bond acceptors (Lipinski definition) is 5. The zero-order valence-corrected chi connectivity index (χ0v) is 14.2. The van der Waals surface area contributed by atoms with Crippen LogP contribution in [-0.2, 0) is 4.79 Å². The van der Waals surface area contributed by atoms with Crippen molar-refractivity contribution < 1.29 is 9.21 Å². The van der Waals surface area contributed by atoms with Crippen LogP contribution in [0.1, 0.15) is 12.5 Å². The summed E-state index contributed by atoms with van der Waals surface area (Å²) in [5.74, 6) is 0.342. The third-order valence-corrected chi connectivity index (χ3v) is 4.29. The van der Waals surface area contributed by atoms with Gasteiger partial charge in [-0.05, 0) is 43.7 Å². The summed E-state index contributed by atoms with van der Waals surface area (Å²) in [7, 11) is 0. The molecule has 0 aliphatic heterocycles. The van der Waals surface area contributed by atoms with Crippen LogP contribution in [0.4, 0.5) is 5.69 Å². The van der Waals surface area contributed by atoms with Crippen LogP contribution >= 0.6 is 11.8 Å². The second-order valence-corrected chi connectivity index (χ2v) is 6.65. The largest absolute Gasteiger partial charge is 0.411 e. The summed E-state index contributed by atoms with van der Waals surface area (Å²) >= 11 is 1.24. The number of aryl methyl sites for hydroxylation is 1. The Kier molecular flexibility index (Phi) is 4.96. The van der Waals surface area contributed by atoms with Crippen LogP contribution in [0.5, 0.6) is 0 Å². The van der Waals surface area contributed by atoms with E-state index in [1.54, 1.807) is 0 Å². The van der Waals surface area contributed by atoms with E-state index in [9.17, 15) is 4.79 Å². The molecule has 0 saturated heterocycles. The second kappa shape index (κ2) is 7.31. The average Bonchev–Trinajstić information content (AvgIpc) is 3.04. The maximum atomic E-state index is 12.3. The van der Waals surface area contributed by atoms with Crippen LogP contribution in [0, 0.1) is 6.92 Å². The number of nitrogens with one attached hydrogen (secondary N) is 1. The molecule has 0 spiro atoms. The van der Waals surface area contributed by atoms with Gasteiger partial charge in [0.2, 0.25) is 11.8 Å². The quantitative estimate of drug-likeness (QED) is 0.707. The molecule has 0 fully saturated rings. The highest BCUT2D eigenvalue weighted by atomic mass is 32.2. The highest BCUT2D eigenvalue weighted by molar-refractivity contribution is 8.00. The SMILES string of the molecule is Cc1cccc(NC(=O)[C@@H](C)Sc2nnc(-c3ccccc3)o2)c1. The minimum atomic E-state index is -0.352. The lowest BCUT2D eigenvalue weighted by atomic mass is 10.2. The molecule has 0 bridgehead atoms. The molecule has 0 saturated carbocycles. The van der Waals surface area contributed by atoms with Crippen molar-refractivity contribution in [1.82, 2.24) is 10.2 Å². The van der Waals surface area contributed by atoms with Crippen molar-refractivity contribution in [3.63, 3.8) is 0 Å². The van der Waals surface area contributed by atoms with E-state index in [0.717, 1.165) is 16.8 Å². The zero-order valence-electron chi connectivity index (χ0n) is 13.4. The Morgan fingerprint density at radius 1 is 1.12 bits per heavy atom. The van der Waals surface area contributed by atoms with Crippen LogP contribution in [0.3, 0.4) is 0 Å². The summed E-state index contributed by atoms with van der Waals surface area (Å²) in [6.07, 6.45) is 0. The Balaban J connectivity index is 1.63. The van der Waals surface area contributed by atoms with Crippen molar-refractivity contribution in [2.75, 3.05) is 5.32 Å². The van der Waals surface area contributed by atoms with Gasteiger partial charge in [0.1, 0.15) is 0 Å². The third-order valence-electron chi connectivity index (χ3n) is 3.36. The fourth-order valence-corrected chi connectivity index (χ4v) is 2.81. The second-order valence-electron chi connectivity index (χ2n) is 5.36. The van der Waals surface area contributed by atoms with E-state index in [0.29, 0.717) is 11.1 Å². The predicted molar refractivity (Wildman–Crippen MR) is 94.9 cm³/mol. The van der Waals surface area contributed by atoms with Crippen molar-refractivity contribution in [1.29, 1.82) is 0 Å². The van der Waals surface area contributed by atoms with Crippen molar-refractivity contribution >= 4 is 23.4 Å². The molecule has 0 unspecified atom stereocenters. The molecule has 2 aromatic carbocycles. The maximum absolute atomic E-state index is 12.3. The molecule has 1 N–H and O–H groups in total. The molecule has 0 aliphatic rings. The fraction of sp³-hybridized carbons (Fsp3) is 0.167. The van der Waals surface area contributed by atoms with Gasteiger partial charge in [-0.1, -0.05) is 42.1 Å². The smallest absolute Gasteiger partial charge is 0.277 e. The van der Waals surface area contributed by atoms with E-state index in [1.165, 1.54) is 11.8 Å². The van der Waals surface area contributed by atoms with Gasteiger partial charge in [-0.2, -0.15) is 0 Å². The number of amides is 1. The highest BCUT2D eigenvalue weighted by Gasteiger charge is 2.19. The number of rotatable bonds is 5. The van der Waals surface area contributed by atoms with Gasteiger partial charge < -0.3 is 9.73 Å². The summed E-state index contributed by atoms with van der Waals surface area (Å²) < 4.78 is 5.62. The van der Waals surface area contributed by atoms with Crippen LogP contribution in [0.2, 0.25) is 0 Å². The van der Waals surface area contributed by atoms with E-state index < -0.39 is 0 Å². The highest BCUT2D eigenvalue weighted by Crippen LogP contribution is 2.26. The van der Waals surface area contributed by atoms with Gasteiger partial charge in [-0.25, -0.2) is 0 Å². The lowest BCUT2D eigenvalue weighted by Crippen LogP contribution is -2.22. The Morgan fingerprint density at radius 3 is 2.67 bits per heavy atom. The van der Waals surface area contributed by atoms with Crippen LogP contribution in [0.15, 0.2) is 64.2 Å². The Bertz CT molecular complexity index is 833. The lowest BCUT2D eigenvalue weighted by Gasteiger charge is -2.10. The van der Waals surface area contributed by atoms with E-state index >= 15 is 0 Å². The molecule has 1 heterocycles. The summed E-state index contributed by atoms with van der Waals surface area (Å²) in [5.41, 5.74) is 2.73. The molecule has 5 nitrogen and oxygen atoms in total. The van der Waals surface area contributed by atoms with E-state index in [4.69, 9.17) is 4.42 Å². The molecule has 122 valence electrons. The number of anilines is 1. The first kappa shape index (κ1) is 16.3. The van der Waals surface area contributed by atoms with E-state index in [-0.39, 0.29) is 11.2 Å². The number of nitrogens with zero attached hydrogens (tertiary/aromatic N) is 2. The van der Waals surface area contributed by atoms with Gasteiger partial charge in [0.25, 0.3) is 5.22 Å². The van der Waals surface area contributed by atoms with Gasteiger partial charge >= 0.3 is 0 Å². The number of carbonyl (C=O) groups excluding carboxylic acids is 1. The molecule has 1 aromatic heterocycles. The number of aromatic nitrogens is 2.